The first-order chi connectivity index (χ1) is 9.31. The molecule has 1 aromatic carbocycles. The number of rotatable bonds is 6. The molecule has 2 N–H and O–H groups in total. The van der Waals surface area contributed by atoms with E-state index >= 15 is 0 Å². The standard InChI is InChI=1S/C15H24N2O2/c1-13-4-2-3-5-15(13)19-12-14(6-7-16)17-8-10-18-11-9-17/h2-5,14H,6-12,16H2,1H3. The minimum absolute atomic E-state index is 0.383. The molecular formula is C15H24N2O2. The van der Waals surface area contributed by atoms with E-state index in [-0.39, 0.29) is 0 Å². The van der Waals surface area contributed by atoms with Gasteiger partial charge in [-0.2, -0.15) is 0 Å². The SMILES string of the molecule is Cc1ccccc1OCC(CCN)N1CCOCC1. The summed E-state index contributed by atoms with van der Waals surface area (Å²) in [6, 6.07) is 8.51. The van der Waals surface area contributed by atoms with Gasteiger partial charge in [-0.1, -0.05) is 18.2 Å². The van der Waals surface area contributed by atoms with Crippen molar-refractivity contribution in [1.29, 1.82) is 0 Å². The van der Waals surface area contributed by atoms with Gasteiger partial charge in [-0.25, -0.2) is 0 Å². The molecule has 1 fully saturated rings. The summed E-state index contributed by atoms with van der Waals surface area (Å²) < 4.78 is 11.4. The Kier molecular flexibility index (Phi) is 5.63. The minimum Gasteiger partial charge on any atom is -0.492 e. The molecule has 0 saturated carbocycles. The second kappa shape index (κ2) is 7.48. The summed E-state index contributed by atoms with van der Waals surface area (Å²) in [7, 11) is 0. The van der Waals surface area contributed by atoms with Crippen molar-refractivity contribution in [3.05, 3.63) is 29.8 Å². The largest absolute Gasteiger partial charge is 0.492 e. The monoisotopic (exact) mass is 264 g/mol. The van der Waals surface area contributed by atoms with E-state index < -0.39 is 0 Å². The molecule has 1 heterocycles. The van der Waals surface area contributed by atoms with Gasteiger partial charge in [-0.15, -0.1) is 0 Å². The van der Waals surface area contributed by atoms with E-state index in [0.29, 0.717) is 19.2 Å². The average Bonchev–Trinajstić information content (AvgIpc) is 2.46. The summed E-state index contributed by atoms with van der Waals surface area (Å²) in [5, 5.41) is 0. The van der Waals surface area contributed by atoms with Crippen LogP contribution in [0, 0.1) is 6.92 Å². The van der Waals surface area contributed by atoms with Crippen molar-refractivity contribution >= 4 is 0 Å². The van der Waals surface area contributed by atoms with Crippen molar-refractivity contribution in [2.75, 3.05) is 39.5 Å². The Morgan fingerprint density at radius 3 is 2.74 bits per heavy atom. The van der Waals surface area contributed by atoms with Crippen LogP contribution in [0.5, 0.6) is 5.75 Å². The highest BCUT2D eigenvalue weighted by Crippen LogP contribution is 2.17. The van der Waals surface area contributed by atoms with Crippen molar-refractivity contribution in [1.82, 2.24) is 4.90 Å². The lowest BCUT2D eigenvalue weighted by Gasteiger charge is -2.34. The minimum atomic E-state index is 0.383. The van der Waals surface area contributed by atoms with Gasteiger partial charge in [0.05, 0.1) is 13.2 Å². The highest BCUT2D eigenvalue weighted by atomic mass is 16.5. The molecule has 0 amide bonds. The van der Waals surface area contributed by atoms with Gasteiger partial charge in [0, 0.05) is 19.1 Å². The van der Waals surface area contributed by atoms with Crippen LogP contribution in [0.2, 0.25) is 0 Å². The Bertz CT molecular complexity index is 378. The zero-order valence-electron chi connectivity index (χ0n) is 11.7. The smallest absolute Gasteiger partial charge is 0.122 e. The number of aryl methyl sites for hydroxylation is 1. The lowest BCUT2D eigenvalue weighted by Crippen LogP contribution is -2.47. The van der Waals surface area contributed by atoms with Crippen molar-refractivity contribution in [2.45, 2.75) is 19.4 Å². The summed E-state index contributed by atoms with van der Waals surface area (Å²) >= 11 is 0. The predicted molar refractivity (Wildman–Crippen MR) is 76.5 cm³/mol. The number of benzene rings is 1. The molecule has 0 spiro atoms. The molecule has 0 aliphatic carbocycles. The molecule has 2 rings (SSSR count). The van der Waals surface area contributed by atoms with Crippen LogP contribution < -0.4 is 10.5 Å². The Morgan fingerprint density at radius 1 is 1.32 bits per heavy atom. The van der Waals surface area contributed by atoms with Crippen LogP contribution in [-0.4, -0.2) is 50.4 Å². The number of para-hydroxylation sites is 1. The summed E-state index contributed by atoms with van der Waals surface area (Å²) in [4.78, 5) is 2.43. The lowest BCUT2D eigenvalue weighted by atomic mass is 10.1. The number of morpholine rings is 1. The van der Waals surface area contributed by atoms with Crippen LogP contribution in [0.25, 0.3) is 0 Å². The van der Waals surface area contributed by atoms with Gasteiger partial charge in [0.2, 0.25) is 0 Å². The van der Waals surface area contributed by atoms with Gasteiger partial charge < -0.3 is 15.2 Å². The van der Waals surface area contributed by atoms with E-state index in [4.69, 9.17) is 15.2 Å². The molecule has 0 radical (unpaired) electrons. The fraction of sp³-hybridized carbons (Fsp3) is 0.600. The normalized spacial score (nSPS) is 18.2. The van der Waals surface area contributed by atoms with Gasteiger partial charge in [-0.05, 0) is 31.5 Å². The van der Waals surface area contributed by atoms with E-state index in [1.54, 1.807) is 0 Å². The van der Waals surface area contributed by atoms with Gasteiger partial charge in [0.25, 0.3) is 0 Å². The van der Waals surface area contributed by atoms with Gasteiger partial charge >= 0.3 is 0 Å². The Balaban J connectivity index is 1.91. The van der Waals surface area contributed by atoms with Crippen LogP contribution in [0.3, 0.4) is 0 Å². The molecule has 4 nitrogen and oxygen atoms in total. The maximum Gasteiger partial charge on any atom is 0.122 e. The van der Waals surface area contributed by atoms with Crippen LogP contribution in [0.15, 0.2) is 24.3 Å². The van der Waals surface area contributed by atoms with Crippen LogP contribution >= 0.6 is 0 Å². The first-order valence-electron chi connectivity index (χ1n) is 7.01. The molecule has 0 bridgehead atoms. The number of hydrogen-bond acceptors (Lipinski definition) is 4. The fourth-order valence-electron chi connectivity index (χ4n) is 2.41. The van der Waals surface area contributed by atoms with Crippen molar-refractivity contribution in [2.24, 2.45) is 5.73 Å². The topological polar surface area (TPSA) is 47.7 Å². The summed E-state index contributed by atoms with van der Waals surface area (Å²) in [5.41, 5.74) is 6.90. The van der Waals surface area contributed by atoms with Gasteiger partial charge in [-0.3, -0.25) is 4.90 Å². The summed E-state index contributed by atoms with van der Waals surface area (Å²) in [5.74, 6) is 0.970. The van der Waals surface area contributed by atoms with E-state index in [1.165, 1.54) is 5.56 Å². The molecule has 1 saturated heterocycles. The third-order valence-corrected chi connectivity index (χ3v) is 3.59. The van der Waals surface area contributed by atoms with Crippen LogP contribution in [0.4, 0.5) is 0 Å². The molecule has 0 aromatic heterocycles. The Morgan fingerprint density at radius 2 is 2.05 bits per heavy atom. The first kappa shape index (κ1) is 14.3. The molecule has 1 aromatic rings. The van der Waals surface area contributed by atoms with E-state index in [0.717, 1.165) is 38.5 Å². The van der Waals surface area contributed by atoms with E-state index in [9.17, 15) is 0 Å². The first-order valence-corrected chi connectivity index (χ1v) is 7.01. The van der Waals surface area contributed by atoms with Crippen molar-refractivity contribution < 1.29 is 9.47 Å². The zero-order chi connectivity index (χ0) is 13.5. The number of ether oxygens (including phenoxy) is 2. The van der Waals surface area contributed by atoms with E-state index in [2.05, 4.69) is 17.9 Å². The van der Waals surface area contributed by atoms with Crippen LogP contribution in [0.1, 0.15) is 12.0 Å². The number of hydrogen-bond donors (Lipinski definition) is 1. The number of nitrogens with zero attached hydrogens (tertiary/aromatic N) is 1. The van der Waals surface area contributed by atoms with Crippen molar-refractivity contribution in [3.8, 4) is 5.75 Å². The predicted octanol–water partition coefficient (Wildman–Crippen LogP) is 1.42. The summed E-state index contributed by atoms with van der Waals surface area (Å²) in [6.07, 6.45) is 0.964. The molecule has 1 aliphatic heterocycles. The maximum atomic E-state index is 5.97. The average molecular weight is 264 g/mol. The summed E-state index contributed by atoms with van der Waals surface area (Å²) in [6.45, 7) is 7.03. The molecular weight excluding hydrogens is 240 g/mol. The second-order valence-electron chi connectivity index (χ2n) is 4.96. The molecule has 1 unspecified atom stereocenters. The van der Waals surface area contributed by atoms with Crippen LogP contribution in [-0.2, 0) is 4.74 Å². The maximum absolute atomic E-state index is 5.97. The molecule has 19 heavy (non-hydrogen) atoms. The Hall–Kier alpha value is -1.10. The lowest BCUT2D eigenvalue weighted by molar-refractivity contribution is 0.00452. The number of nitrogens with two attached hydrogens (primary N) is 1. The quantitative estimate of drug-likeness (QED) is 0.844. The molecule has 1 atom stereocenters. The zero-order valence-corrected chi connectivity index (χ0v) is 11.7. The molecule has 1 aliphatic rings. The van der Waals surface area contributed by atoms with E-state index in [1.807, 2.05) is 18.2 Å². The Labute approximate surface area is 115 Å². The van der Waals surface area contributed by atoms with Gasteiger partial charge in [0.1, 0.15) is 12.4 Å². The third-order valence-electron chi connectivity index (χ3n) is 3.59. The second-order valence-corrected chi connectivity index (χ2v) is 4.96. The molecule has 106 valence electrons. The fourth-order valence-corrected chi connectivity index (χ4v) is 2.41. The van der Waals surface area contributed by atoms with Crippen molar-refractivity contribution in [3.63, 3.8) is 0 Å². The van der Waals surface area contributed by atoms with Gasteiger partial charge in [0.15, 0.2) is 0 Å². The third kappa shape index (κ3) is 4.20. The highest BCUT2D eigenvalue weighted by Gasteiger charge is 2.21. The molecule has 4 heteroatoms. The highest BCUT2D eigenvalue weighted by molar-refractivity contribution is 5.31.